The number of nitrogens with one attached hydrogen (secondary N) is 1. The van der Waals surface area contributed by atoms with E-state index >= 15 is 0 Å². The summed E-state index contributed by atoms with van der Waals surface area (Å²) >= 11 is 0. The van der Waals surface area contributed by atoms with Crippen LogP contribution in [-0.4, -0.2) is 47.5 Å². The third-order valence-electron chi connectivity index (χ3n) is 5.34. The molecule has 0 aromatic rings. The van der Waals surface area contributed by atoms with Crippen molar-refractivity contribution in [3.63, 3.8) is 0 Å². The first-order valence-corrected chi connectivity index (χ1v) is 8.90. The average Bonchev–Trinajstić information content (AvgIpc) is 3.01. The lowest BCUT2D eigenvalue weighted by molar-refractivity contribution is -0.134. The Morgan fingerprint density at radius 3 is 2.58 bits per heavy atom. The van der Waals surface area contributed by atoms with Crippen molar-refractivity contribution >= 4 is 17.7 Å². The SMILES string of the molecule is CCCC1C2CCCN=C2C[C@@H]2CNC[C@@H]12.O=C(O)/C=C\C(=O)O. The van der Waals surface area contributed by atoms with Crippen molar-refractivity contribution in [1.29, 1.82) is 0 Å². The van der Waals surface area contributed by atoms with Crippen LogP contribution in [0.4, 0.5) is 0 Å². The van der Waals surface area contributed by atoms with E-state index in [1.54, 1.807) is 5.71 Å². The maximum Gasteiger partial charge on any atom is 0.328 e. The number of aliphatic carboxylic acids is 2. The van der Waals surface area contributed by atoms with Crippen LogP contribution in [0.5, 0.6) is 0 Å². The predicted molar refractivity (Wildman–Crippen MR) is 92.3 cm³/mol. The quantitative estimate of drug-likeness (QED) is 0.684. The van der Waals surface area contributed by atoms with E-state index in [0.717, 1.165) is 30.2 Å². The second-order valence-electron chi connectivity index (χ2n) is 6.87. The molecular weight excluding hydrogens is 308 g/mol. The zero-order valence-corrected chi connectivity index (χ0v) is 14.3. The summed E-state index contributed by atoms with van der Waals surface area (Å²) in [6, 6.07) is 0. The average molecular weight is 336 g/mol. The van der Waals surface area contributed by atoms with Crippen molar-refractivity contribution in [2.45, 2.75) is 39.0 Å². The van der Waals surface area contributed by atoms with Gasteiger partial charge < -0.3 is 15.5 Å². The molecule has 6 heteroatoms. The van der Waals surface area contributed by atoms with Gasteiger partial charge >= 0.3 is 11.9 Å². The van der Waals surface area contributed by atoms with Crippen LogP contribution < -0.4 is 5.32 Å². The van der Waals surface area contributed by atoms with Crippen LogP contribution >= 0.6 is 0 Å². The van der Waals surface area contributed by atoms with Crippen LogP contribution in [0.2, 0.25) is 0 Å². The highest BCUT2D eigenvalue weighted by molar-refractivity contribution is 5.89. The first-order valence-electron chi connectivity index (χ1n) is 8.90. The Morgan fingerprint density at radius 2 is 1.96 bits per heavy atom. The maximum atomic E-state index is 9.55. The van der Waals surface area contributed by atoms with Crippen molar-refractivity contribution < 1.29 is 19.8 Å². The van der Waals surface area contributed by atoms with Gasteiger partial charge in [-0.15, -0.1) is 0 Å². The monoisotopic (exact) mass is 336 g/mol. The van der Waals surface area contributed by atoms with Gasteiger partial charge in [0.15, 0.2) is 0 Å². The molecule has 1 saturated carbocycles. The summed E-state index contributed by atoms with van der Waals surface area (Å²) in [6.07, 6.45) is 7.95. The molecule has 3 aliphatic rings. The van der Waals surface area contributed by atoms with Gasteiger partial charge in [-0.1, -0.05) is 13.3 Å². The highest BCUT2D eigenvalue weighted by Crippen LogP contribution is 2.44. The lowest BCUT2D eigenvalue weighted by Gasteiger charge is -2.42. The summed E-state index contributed by atoms with van der Waals surface area (Å²) in [5.74, 6) is 1.15. The summed E-state index contributed by atoms with van der Waals surface area (Å²) in [4.78, 5) is 23.9. The van der Waals surface area contributed by atoms with Crippen molar-refractivity contribution in [2.75, 3.05) is 19.6 Å². The zero-order chi connectivity index (χ0) is 17.5. The Bertz CT molecular complexity index is 499. The van der Waals surface area contributed by atoms with E-state index in [2.05, 4.69) is 12.2 Å². The van der Waals surface area contributed by atoms with E-state index in [1.807, 2.05) is 0 Å². The molecule has 2 heterocycles. The molecule has 0 aromatic carbocycles. The van der Waals surface area contributed by atoms with E-state index in [4.69, 9.17) is 15.2 Å². The van der Waals surface area contributed by atoms with Crippen LogP contribution in [-0.2, 0) is 9.59 Å². The zero-order valence-electron chi connectivity index (χ0n) is 14.3. The fourth-order valence-electron chi connectivity index (χ4n) is 4.43. The number of fused-ring (bicyclic) bond motifs is 2. The highest BCUT2D eigenvalue weighted by atomic mass is 16.4. The van der Waals surface area contributed by atoms with E-state index in [9.17, 15) is 9.59 Å². The Morgan fingerprint density at radius 1 is 1.25 bits per heavy atom. The molecular formula is C18H28N2O4. The fourth-order valence-corrected chi connectivity index (χ4v) is 4.43. The van der Waals surface area contributed by atoms with Crippen LogP contribution in [0.25, 0.3) is 0 Å². The van der Waals surface area contributed by atoms with E-state index in [1.165, 1.54) is 45.2 Å². The molecule has 6 nitrogen and oxygen atoms in total. The van der Waals surface area contributed by atoms with E-state index in [-0.39, 0.29) is 0 Å². The minimum atomic E-state index is -1.26. The molecule has 4 atom stereocenters. The molecule has 134 valence electrons. The number of carboxylic acids is 2. The van der Waals surface area contributed by atoms with Gasteiger partial charge in [-0.2, -0.15) is 0 Å². The molecule has 2 aliphatic heterocycles. The maximum absolute atomic E-state index is 9.55. The predicted octanol–water partition coefficient (Wildman–Crippen LogP) is 2.20. The van der Waals surface area contributed by atoms with Crippen molar-refractivity contribution in [3.8, 4) is 0 Å². The van der Waals surface area contributed by atoms with E-state index in [0.29, 0.717) is 12.2 Å². The number of hydrogen-bond acceptors (Lipinski definition) is 4. The van der Waals surface area contributed by atoms with Gasteiger partial charge in [0.25, 0.3) is 0 Å². The summed E-state index contributed by atoms with van der Waals surface area (Å²) in [5.41, 5.74) is 1.59. The first-order chi connectivity index (χ1) is 11.5. The van der Waals surface area contributed by atoms with Crippen LogP contribution in [0, 0.1) is 23.7 Å². The molecule has 0 radical (unpaired) electrons. The van der Waals surface area contributed by atoms with Crippen molar-refractivity contribution in [1.82, 2.24) is 5.32 Å². The van der Waals surface area contributed by atoms with Gasteiger partial charge in [0.2, 0.25) is 0 Å². The van der Waals surface area contributed by atoms with Crippen molar-refractivity contribution in [2.24, 2.45) is 28.7 Å². The summed E-state index contributed by atoms with van der Waals surface area (Å²) in [6.45, 7) is 5.97. The molecule has 0 bridgehead atoms. The largest absolute Gasteiger partial charge is 0.478 e. The van der Waals surface area contributed by atoms with Gasteiger partial charge in [0.1, 0.15) is 0 Å². The smallest absolute Gasteiger partial charge is 0.328 e. The Kier molecular flexibility index (Phi) is 6.97. The third kappa shape index (κ3) is 4.90. The molecule has 3 rings (SSSR count). The summed E-state index contributed by atoms with van der Waals surface area (Å²) in [5, 5.41) is 19.2. The van der Waals surface area contributed by atoms with Gasteiger partial charge in [-0.3, -0.25) is 4.99 Å². The summed E-state index contributed by atoms with van der Waals surface area (Å²) in [7, 11) is 0. The number of aliphatic imine (C=N–C) groups is 1. The van der Waals surface area contributed by atoms with Crippen LogP contribution in [0.3, 0.4) is 0 Å². The molecule has 0 aromatic heterocycles. The molecule has 0 amide bonds. The van der Waals surface area contributed by atoms with Crippen LogP contribution in [0.15, 0.2) is 17.1 Å². The topological polar surface area (TPSA) is 99.0 Å². The molecule has 2 fully saturated rings. The first kappa shape index (κ1) is 18.6. The molecule has 1 aliphatic carbocycles. The molecule has 3 N–H and O–H groups in total. The van der Waals surface area contributed by atoms with Crippen LogP contribution in [0.1, 0.15) is 39.0 Å². The number of carbonyl (C=O) groups is 2. The molecule has 1 saturated heterocycles. The lowest BCUT2D eigenvalue weighted by atomic mass is 9.63. The van der Waals surface area contributed by atoms with E-state index < -0.39 is 11.9 Å². The number of carboxylic acid groups (broad SMARTS) is 2. The normalized spacial score (nSPS) is 31.5. The molecule has 2 unspecified atom stereocenters. The number of hydrogen-bond donors (Lipinski definition) is 3. The molecule has 24 heavy (non-hydrogen) atoms. The van der Waals surface area contributed by atoms with Gasteiger partial charge in [-0.25, -0.2) is 9.59 Å². The number of rotatable bonds is 4. The Labute approximate surface area is 143 Å². The van der Waals surface area contributed by atoms with Gasteiger partial charge in [0.05, 0.1) is 0 Å². The lowest BCUT2D eigenvalue weighted by Crippen LogP contribution is -2.41. The Hall–Kier alpha value is -1.69. The van der Waals surface area contributed by atoms with Gasteiger partial charge in [-0.05, 0) is 56.5 Å². The van der Waals surface area contributed by atoms with Crippen molar-refractivity contribution in [3.05, 3.63) is 12.2 Å². The fraction of sp³-hybridized carbons (Fsp3) is 0.722. The standard InChI is InChI=1S/C14H24N2.C4H4O4/c1-2-4-11-12-5-3-6-16-14(12)7-10-8-15-9-13(10)11;5-3(6)1-2-4(7)8/h10-13,15H,2-9H2,1H3;1-2H,(H,5,6)(H,7,8)/b;2-1-/t10-,11?,12?,13-;/m1./s1. The second kappa shape index (κ2) is 8.97. The molecule has 0 spiro atoms. The summed E-state index contributed by atoms with van der Waals surface area (Å²) < 4.78 is 0. The Balaban J connectivity index is 0.000000224. The number of nitrogens with zero attached hydrogens (tertiary/aromatic N) is 1. The second-order valence-corrected chi connectivity index (χ2v) is 6.87. The minimum absolute atomic E-state index is 0.558. The highest BCUT2D eigenvalue weighted by Gasteiger charge is 2.44. The minimum Gasteiger partial charge on any atom is -0.478 e. The third-order valence-corrected chi connectivity index (χ3v) is 5.34. The van der Waals surface area contributed by atoms with Gasteiger partial charge in [0, 0.05) is 30.3 Å².